The highest BCUT2D eigenvalue weighted by atomic mass is 32.1. The van der Waals surface area contributed by atoms with Crippen molar-refractivity contribution in [3.8, 4) is 0 Å². The number of aryl methyl sites for hydroxylation is 2. The standard InChI is InChI=1S/C21H30N4O3S/c1-4-10-22-16(26)13-24(11-5-2)21(28)18-14(3)17-19(29-18)23-15-9-7-6-8-12-25(15)20(17)27/h4-13H2,1-3H3,(H,22,26). The van der Waals surface area contributed by atoms with Gasteiger partial charge in [0.1, 0.15) is 10.7 Å². The van der Waals surface area contributed by atoms with Gasteiger partial charge in [-0.05, 0) is 38.2 Å². The van der Waals surface area contributed by atoms with Gasteiger partial charge < -0.3 is 10.2 Å². The van der Waals surface area contributed by atoms with Crippen LogP contribution in [0, 0.1) is 6.92 Å². The predicted molar refractivity (Wildman–Crippen MR) is 116 cm³/mol. The van der Waals surface area contributed by atoms with Crippen molar-refractivity contribution in [2.45, 2.75) is 65.8 Å². The number of carbonyl (C=O) groups is 2. The fourth-order valence-corrected chi connectivity index (χ4v) is 4.93. The van der Waals surface area contributed by atoms with Crippen molar-refractivity contribution in [1.29, 1.82) is 0 Å². The molecule has 8 heteroatoms. The minimum Gasteiger partial charge on any atom is -0.355 e. The lowest BCUT2D eigenvalue weighted by atomic mass is 10.2. The molecule has 0 aliphatic carbocycles. The molecule has 158 valence electrons. The van der Waals surface area contributed by atoms with Crippen LogP contribution in [0.5, 0.6) is 0 Å². The molecule has 3 heterocycles. The molecule has 0 radical (unpaired) electrons. The molecule has 0 saturated carbocycles. The number of thiophene rings is 1. The Bertz CT molecular complexity index is 963. The second-order valence-electron chi connectivity index (χ2n) is 7.61. The van der Waals surface area contributed by atoms with Crippen LogP contribution in [-0.4, -0.2) is 45.9 Å². The van der Waals surface area contributed by atoms with Crippen molar-refractivity contribution >= 4 is 33.4 Å². The number of nitrogens with zero attached hydrogens (tertiary/aromatic N) is 3. The third kappa shape index (κ3) is 4.52. The smallest absolute Gasteiger partial charge is 0.264 e. The van der Waals surface area contributed by atoms with E-state index in [9.17, 15) is 14.4 Å². The number of hydrogen-bond donors (Lipinski definition) is 1. The summed E-state index contributed by atoms with van der Waals surface area (Å²) in [5, 5.41) is 3.38. The molecule has 7 nitrogen and oxygen atoms in total. The van der Waals surface area contributed by atoms with Crippen molar-refractivity contribution < 1.29 is 9.59 Å². The van der Waals surface area contributed by atoms with Crippen LogP contribution in [0.3, 0.4) is 0 Å². The second kappa shape index (κ2) is 9.52. The highest BCUT2D eigenvalue weighted by molar-refractivity contribution is 7.20. The minimum absolute atomic E-state index is 0.0310. The average molecular weight is 419 g/mol. The highest BCUT2D eigenvalue weighted by Gasteiger charge is 2.26. The molecule has 0 unspecified atom stereocenters. The summed E-state index contributed by atoms with van der Waals surface area (Å²) in [7, 11) is 0. The Morgan fingerprint density at radius 3 is 2.72 bits per heavy atom. The molecule has 0 bridgehead atoms. The van der Waals surface area contributed by atoms with E-state index in [0.29, 0.717) is 40.3 Å². The summed E-state index contributed by atoms with van der Waals surface area (Å²) < 4.78 is 1.78. The summed E-state index contributed by atoms with van der Waals surface area (Å²) in [5.74, 6) is 0.473. The van der Waals surface area contributed by atoms with Gasteiger partial charge in [-0.15, -0.1) is 11.3 Å². The van der Waals surface area contributed by atoms with Gasteiger partial charge in [0.05, 0.1) is 16.8 Å². The van der Waals surface area contributed by atoms with Crippen molar-refractivity contribution in [3.05, 3.63) is 26.6 Å². The molecule has 2 amide bonds. The third-order valence-electron chi connectivity index (χ3n) is 5.29. The van der Waals surface area contributed by atoms with E-state index in [-0.39, 0.29) is 23.9 Å². The first-order chi connectivity index (χ1) is 14.0. The number of rotatable bonds is 7. The molecule has 2 aromatic rings. The molecule has 0 fully saturated rings. The normalized spacial score (nSPS) is 13.8. The Morgan fingerprint density at radius 1 is 1.21 bits per heavy atom. The van der Waals surface area contributed by atoms with E-state index in [0.717, 1.165) is 44.3 Å². The average Bonchev–Trinajstić information content (AvgIpc) is 2.87. The van der Waals surface area contributed by atoms with E-state index in [4.69, 9.17) is 4.98 Å². The molecule has 1 aliphatic rings. The lowest BCUT2D eigenvalue weighted by Gasteiger charge is -2.21. The molecule has 0 spiro atoms. The first-order valence-electron chi connectivity index (χ1n) is 10.6. The Morgan fingerprint density at radius 2 is 2.00 bits per heavy atom. The van der Waals surface area contributed by atoms with Crippen molar-refractivity contribution in [1.82, 2.24) is 19.8 Å². The molecule has 0 atom stereocenters. The van der Waals surface area contributed by atoms with Gasteiger partial charge in [-0.2, -0.15) is 0 Å². The van der Waals surface area contributed by atoms with Gasteiger partial charge in [-0.1, -0.05) is 20.3 Å². The lowest BCUT2D eigenvalue weighted by molar-refractivity contribution is -0.121. The predicted octanol–water partition coefficient (Wildman–Crippen LogP) is 2.87. The quantitative estimate of drug-likeness (QED) is 0.749. The highest BCUT2D eigenvalue weighted by Crippen LogP contribution is 2.29. The molecular weight excluding hydrogens is 388 g/mol. The number of amides is 2. The number of carbonyl (C=O) groups excluding carboxylic acids is 2. The number of fused-ring (bicyclic) bond motifs is 2. The van der Waals surface area contributed by atoms with Gasteiger partial charge in [0.2, 0.25) is 5.91 Å². The molecule has 2 aromatic heterocycles. The zero-order valence-corrected chi connectivity index (χ0v) is 18.4. The van der Waals surface area contributed by atoms with E-state index in [1.165, 1.54) is 11.3 Å². The van der Waals surface area contributed by atoms with Crippen LogP contribution in [0.25, 0.3) is 10.2 Å². The second-order valence-corrected chi connectivity index (χ2v) is 8.61. The first kappa shape index (κ1) is 21.5. The zero-order valence-electron chi connectivity index (χ0n) is 17.5. The molecular formula is C21H30N4O3S. The number of aromatic nitrogens is 2. The first-order valence-corrected chi connectivity index (χ1v) is 11.4. The van der Waals surface area contributed by atoms with Crippen LogP contribution in [0.1, 0.15) is 67.0 Å². The van der Waals surface area contributed by atoms with E-state index >= 15 is 0 Å². The fourth-order valence-electron chi connectivity index (χ4n) is 3.77. The fraction of sp³-hybridized carbons (Fsp3) is 0.619. The monoisotopic (exact) mass is 418 g/mol. The summed E-state index contributed by atoms with van der Waals surface area (Å²) in [6.07, 6.45) is 5.52. The van der Waals surface area contributed by atoms with E-state index in [1.807, 2.05) is 20.8 Å². The summed E-state index contributed by atoms with van der Waals surface area (Å²) in [5.41, 5.74) is 0.643. The zero-order chi connectivity index (χ0) is 21.0. The summed E-state index contributed by atoms with van der Waals surface area (Å²) in [6, 6.07) is 0. The number of hydrogen-bond acceptors (Lipinski definition) is 5. The van der Waals surface area contributed by atoms with Crippen LogP contribution in [0.15, 0.2) is 4.79 Å². The Hall–Kier alpha value is -2.22. The van der Waals surface area contributed by atoms with Gasteiger partial charge in [-0.3, -0.25) is 19.0 Å². The van der Waals surface area contributed by atoms with Gasteiger partial charge in [0, 0.05) is 26.1 Å². The van der Waals surface area contributed by atoms with Crippen molar-refractivity contribution in [2.24, 2.45) is 0 Å². The van der Waals surface area contributed by atoms with Crippen LogP contribution in [0.4, 0.5) is 0 Å². The third-order valence-corrected chi connectivity index (χ3v) is 6.47. The van der Waals surface area contributed by atoms with Gasteiger partial charge in [0.25, 0.3) is 11.5 Å². The lowest BCUT2D eigenvalue weighted by Crippen LogP contribution is -2.41. The molecule has 0 saturated heterocycles. The molecule has 0 aromatic carbocycles. The van der Waals surface area contributed by atoms with Crippen LogP contribution < -0.4 is 10.9 Å². The maximum atomic E-state index is 13.2. The topological polar surface area (TPSA) is 84.3 Å². The van der Waals surface area contributed by atoms with Crippen LogP contribution >= 0.6 is 11.3 Å². The van der Waals surface area contributed by atoms with E-state index < -0.39 is 0 Å². The Labute approximate surface area is 175 Å². The maximum absolute atomic E-state index is 13.2. The molecule has 1 aliphatic heterocycles. The van der Waals surface area contributed by atoms with Gasteiger partial charge in [-0.25, -0.2) is 4.98 Å². The minimum atomic E-state index is -0.196. The number of nitrogens with one attached hydrogen (secondary N) is 1. The molecule has 1 N–H and O–H groups in total. The largest absolute Gasteiger partial charge is 0.355 e. The Balaban J connectivity index is 1.96. The van der Waals surface area contributed by atoms with Gasteiger partial charge in [0.15, 0.2) is 0 Å². The summed E-state index contributed by atoms with van der Waals surface area (Å²) in [6.45, 7) is 7.60. The maximum Gasteiger partial charge on any atom is 0.264 e. The molecule has 29 heavy (non-hydrogen) atoms. The van der Waals surface area contributed by atoms with Crippen LogP contribution in [-0.2, 0) is 17.8 Å². The SMILES string of the molecule is CCCNC(=O)CN(CCC)C(=O)c1sc2nc3n(c(=O)c2c1C)CCCCC3. The van der Waals surface area contributed by atoms with Gasteiger partial charge >= 0.3 is 0 Å². The van der Waals surface area contributed by atoms with Crippen molar-refractivity contribution in [3.63, 3.8) is 0 Å². The van der Waals surface area contributed by atoms with Crippen molar-refractivity contribution in [2.75, 3.05) is 19.6 Å². The summed E-state index contributed by atoms with van der Waals surface area (Å²) in [4.78, 5) is 46.0. The van der Waals surface area contributed by atoms with E-state index in [1.54, 1.807) is 9.47 Å². The van der Waals surface area contributed by atoms with Crippen LogP contribution in [0.2, 0.25) is 0 Å². The molecule has 3 rings (SSSR count). The van der Waals surface area contributed by atoms with E-state index in [2.05, 4.69) is 5.32 Å². The Kier molecular flexibility index (Phi) is 7.05. The summed E-state index contributed by atoms with van der Waals surface area (Å²) >= 11 is 1.28.